The average Bonchev–Trinajstić information content (AvgIpc) is 3.40. The normalized spacial score (nSPS) is 13.3. The smallest absolute Gasteiger partial charge is 0.345 e. The van der Waals surface area contributed by atoms with Crippen LogP contribution in [0.3, 0.4) is 0 Å². The van der Waals surface area contributed by atoms with Gasteiger partial charge in [-0.25, -0.2) is 4.79 Å². The van der Waals surface area contributed by atoms with Crippen LogP contribution in [-0.2, 0) is 17.6 Å². The van der Waals surface area contributed by atoms with Gasteiger partial charge in [-0.05, 0) is 61.9 Å². The number of aromatic carboxylic acids is 1. The molecule has 1 N–H and O–H groups in total. The molecular weight excluding hydrogens is 394 g/mol. The zero-order valence-corrected chi connectivity index (χ0v) is 19.2. The first-order valence-corrected chi connectivity index (χ1v) is 12.1. The molecule has 1 fully saturated rings. The zero-order chi connectivity index (χ0) is 21.8. The molecule has 1 aromatic heterocycles. The molecule has 164 valence electrons. The van der Waals surface area contributed by atoms with E-state index in [2.05, 4.69) is 38.1 Å². The minimum Gasteiger partial charge on any atom is -0.477 e. The summed E-state index contributed by atoms with van der Waals surface area (Å²) in [5.74, 6) is -0.548. The molecule has 4 nitrogen and oxygen atoms in total. The van der Waals surface area contributed by atoms with E-state index in [9.17, 15) is 9.59 Å². The Labute approximate surface area is 184 Å². The van der Waals surface area contributed by atoms with E-state index >= 15 is 0 Å². The molecule has 0 saturated carbocycles. The SMILES string of the molecule is CCCCCCc1ccc(N2CCCC2=O)cc1.CCCCc1ccc(C(=O)O)s1. The highest BCUT2D eigenvalue weighted by molar-refractivity contribution is 7.13. The minimum absolute atomic E-state index is 0.269. The number of hydrogen-bond donors (Lipinski definition) is 1. The van der Waals surface area contributed by atoms with Crippen molar-refractivity contribution in [3.63, 3.8) is 0 Å². The van der Waals surface area contributed by atoms with Gasteiger partial charge in [0.05, 0.1) is 0 Å². The predicted molar refractivity (Wildman–Crippen MR) is 126 cm³/mol. The van der Waals surface area contributed by atoms with Gasteiger partial charge in [-0.3, -0.25) is 4.79 Å². The molecule has 5 heteroatoms. The molecule has 1 amide bonds. The number of anilines is 1. The number of nitrogens with zero attached hydrogens (tertiary/aromatic N) is 1. The van der Waals surface area contributed by atoms with Crippen LogP contribution >= 0.6 is 11.3 Å². The van der Waals surface area contributed by atoms with Crippen LogP contribution in [0.2, 0.25) is 0 Å². The molecule has 0 spiro atoms. The van der Waals surface area contributed by atoms with Gasteiger partial charge in [0.25, 0.3) is 0 Å². The number of amides is 1. The topological polar surface area (TPSA) is 57.6 Å². The number of hydrogen-bond acceptors (Lipinski definition) is 3. The van der Waals surface area contributed by atoms with E-state index in [4.69, 9.17) is 5.11 Å². The molecule has 0 bridgehead atoms. The number of unbranched alkanes of at least 4 members (excludes halogenated alkanes) is 4. The largest absolute Gasteiger partial charge is 0.477 e. The maximum Gasteiger partial charge on any atom is 0.345 e. The van der Waals surface area contributed by atoms with Crippen molar-refractivity contribution in [2.24, 2.45) is 0 Å². The van der Waals surface area contributed by atoms with Gasteiger partial charge in [0.2, 0.25) is 5.91 Å². The lowest BCUT2D eigenvalue weighted by Crippen LogP contribution is -2.23. The lowest BCUT2D eigenvalue weighted by molar-refractivity contribution is -0.117. The third kappa shape index (κ3) is 7.94. The summed E-state index contributed by atoms with van der Waals surface area (Å²) in [5.41, 5.74) is 2.45. The number of carboxylic acid groups (broad SMARTS) is 1. The molecular formula is C25H35NO3S. The Kier molecular flexibility index (Phi) is 10.6. The molecule has 2 aromatic rings. The fourth-order valence-electron chi connectivity index (χ4n) is 3.50. The molecule has 1 saturated heterocycles. The second kappa shape index (κ2) is 13.2. The van der Waals surface area contributed by atoms with Crippen LogP contribution in [0, 0.1) is 0 Å². The second-order valence-corrected chi connectivity index (χ2v) is 8.97. The standard InChI is InChI=1S/C16H23NO.C9H12O2S/c1-2-3-4-5-7-14-9-11-15(12-10-14)17-13-6-8-16(17)18;1-2-3-4-7-5-6-8(12-7)9(10)11/h9-12H,2-8,13H2,1H3;5-6H,2-4H2,1H3,(H,10,11). The molecule has 0 aliphatic carbocycles. The highest BCUT2D eigenvalue weighted by Gasteiger charge is 2.21. The van der Waals surface area contributed by atoms with Crippen molar-refractivity contribution in [1.29, 1.82) is 0 Å². The van der Waals surface area contributed by atoms with Gasteiger partial charge in [-0.15, -0.1) is 11.3 Å². The fourth-order valence-corrected chi connectivity index (χ4v) is 4.39. The van der Waals surface area contributed by atoms with Crippen molar-refractivity contribution in [3.05, 3.63) is 51.7 Å². The fraction of sp³-hybridized carbons (Fsp3) is 0.520. The summed E-state index contributed by atoms with van der Waals surface area (Å²) in [6.07, 6.45) is 11.4. The number of benzene rings is 1. The van der Waals surface area contributed by atoms with Crippen molar-refractivity contribution in [2.45, 2.75) is 78.1 Å². The Morgan fingerprint density at radius 3 is 2.27 bits per heavy atom. The Morgan fingerprint density at radius 1 is 0.967 bits per heavy atom. The Bertz CT molecular complexity index is 782. The van der Waals surface area contributed by atoms with E-state index in [-0.39, 0.29) is 5.91 Å². The van der Waals surface area contributed by atoms with Crippen LogP contribution in [-0.4, -0.2) is 23.5 Å². The summed E-state index contributed by atoms with van der Waals surface area (Å²) in [4.78, 5) is 25.7. The molecule has 3 rings (SSSR count). The van der Waals surface area contributed by atoms with Gasteiger partial charge < -0.3 is 10.0 Å². The monoisotopic (exact) mass is 429 g/mol. The first kappa shape index (κ1) is 24.1. The van der Waals surface area contributed by atoms with Crippen LogP contribution in [0.5, 0.6) is 0 Å². The molecule has 0 radical (unpaired) electrons. The Balaban J connectivity index is 0.000000232. The van der Waals surface area contributed by atoms with Gasteiger partial charge in [-0.1, -0.05) is 51.7 Å². The average molecular weight is 430 g/mol. The number of carbonyl (C=O) groups excluding carboxylic acids is 1. The van der Waals surface area contributed by atoms with Gasteiger partial charge >= 0.3 is 5.97 Å². The molecule has 1 aliphatic rings. The lowest BCUT2D eigenvalue weighted by atomic mass is 10.1. The lowest BCUT2D eigenvalue weighted by Gasteiger charge is -2.15. The summed E-state index contributed by atoms with van der Waals surface area (Å²) in [6.45, 7) is 5.25. The minimum atomic E-state index is -0.817. The van der Waals surface area contributed by atoms with Gasteiger partial charge in [0.1, 0.15) is 4.88 Å². The molecule has 1 aliphatic heterocycles. The van der Waals surface area contributed by atoms with E-state index in [1.165, 1.54) is 47.5 Å². The second-order valence-electron chi connectivity index (χ2n) is 7.80. The molecule has 2 heterocycles. The van der Waals surface area contributed by atoms with Gasteiger partial charge in [-0.2, -0.15) is 0 Å². The molecule has 1 aromatic carbocycles. The number of aryl methyl sites for hydroxylation is 2. The predicted octanol–water partition coefficient (Wildman–Crippen LogP) is 6.73. The van der Waals surface area contributed by atoms with Crippen molar-refractivity contribution < 1.29 is 14.7 Å². The van der Waals surface area contributed by atoms with Crippen molar-refractivity contribution >= 4 is 28.9 Å². The maximum atomic E-state index is 11.6. The van der Waals surface area contributed by atoms with Crippen molar-refractivity contribution in [2.75, 3.05) is 11.4 Å². The summed E-state index contributed by atoms with van der Waals surface area (Å²) < 4.78 is 0. The highest BCUT2D eigenvalue weighted by Crippen LogP contribution is 2.22. The van der Waals surface area contributed by atoms with Crippen LogP contribution in [0.1, 0.15) is 85.3 Å². The Hall–Kier alpha value is -2.14. The summed E-state index contributed by atoms with van der Waals surface area (Å²) in [6, 6.07) is 12.1. The van der Waals surface area contributed by atoms with Gasteiger partial charge in [0, 0.05) is 23.5 Å². The number of carboxylic acids is 1. The van der Waals surface area contributed by atoms with E-state index in [0.717, 1.165) is 44.3 Å². The van der Waals surface area contributed by atoms with Crippen molar-refractivity contribution in [3.8, 4) is 0 Å². The zero-order valence-electron chi connectivity index (χ0n) is 18.4. The summed E-state index contributed by atoms with van der Waals surface area (Å²) in [7, 11) is 0. The van der Waals surface area contributed by atoms with Crippen LogP contribution in [0.4, 0.5) is 5.69 Å². The van der Waals surface area contributed by atoms with Crippen LogP contribution in [0.25, 0.3) is 0 Å². The quantitative estimate of drug-likeness (QED) is 0.426. The van der Waals surface area contributed by atoms with Crippen molar-refractivity contribution in [1.82, 2.24) is 0 Å². The maximum absolute atomic E-state index is 11.6. The van der Waals surface area contributed by atoms with E-state index in [0.29, 0.717) is 11.3 Å². The molecule has 0 unspecified atom stereocenters. The summed E-state index contributed by atoms with van der Waals surface area (Å²) in [5, 5.41) is 8.63. The van der Waals surface area contributed by atoms with E-state index in [1.807, 2.05) is 11.0 Å². The number of carbonyl (C=O) groups is 2. The Morgan fingerprint density at radius 2 is 1.70 bits per heavy atom. The summed E-state index contributed by atoms with van der Waals surface area (Å²) >= 11 is 1.38. The van der Waals surface area contributed by atoms with E-state index in [1.54, 1.807) is 6.07 Å². The third-order valence-electron chi connectivity index (χ3n) is 5.29. The van der Waals surface area contributed by atoms with E-state index < -0.39 is 5.97 Å². The highest BCUT2D eigenvalue weighted by atomic mass is 32.1. The van der Waals surface area contributed by atoms with Gasteiger partial charge in [0.15, 0.2) is 0 Å². The molecule has 0 atom stereocenters. The third-order valence-corrected chi connectivity index (χ3v) is 6.42. The number of thiophene rings is 1. The first-order chi connectivity index (χ1) is 14.5. The first-order valence-electron chi connectivity index (χ1n) is 11.3. The number of rotatable bonds is 10. The van der Waals surface area contributed by atoms with Crippen LogP contribution < -0.4 is 4.90 Å². The van der Waals surface area contributed by atoms with Crippen LogP contribution in [0.15, 0.2) is 36.4 Å². The molecule has 30 heavy (non-hydrogen) atoms.